The summed E-state index contributed by atoms with van der Waals surface area (Å²) >= 11 is 0. The Balaban J connectivity index is 1.60. The Hall–Kier alpha value is -1.85. The van der Waals surface area contributed by atoms with Crippen molar-refractivity contribution in [3.05, 3.63) is 35.6 Å². The summed E-state index contributed by atoms with van der Waals surface area (Å²) in [4.78, 5) is 14.3. The zero-order chi connectivity index (χ0) is 14.7. The Kier molecular flexibility index (Phi) is 4.22. The second-order valence-corrected chi connectivity index (χ2v) is 5.14. The van der Waals surface area contributed by atoms with Crippen molar-refractivity contribution in [2.24, 2.45) is 0 Å². The molecule has 0 amide bonds. The van der Waals surface area contributed by atoms with E-state index in [9.17, 15) is 4.79 Å². The molecule has 0 spiro atoms. The zero-order valence-electron chi connectivity index (χ0n) is 12.1. The van der Waals surface area contributed by atoms with Gasteiger partial charge in [0.2, 0.25) is 5.76 Å². The van der Waals surface area contributed by atoms with Gasteiger partial charge < -0.3 is 13.9 Å². The summed E-state index contributed by atoms with van der Waals surface area (Å²) in [5.74, 6) is -0.0878. The summed E-state index contributed by atoms with van der Waals surface area (Å²) in [6, 6.07) is 7.61. The lowest BCUT2D eigenvalue weighted by Crippen LogP contribution is -2.38. The molecule has 5 heteroatoms. The normalized spacial score (nSPS) is 16.2. The van der Waals surface area contributed by atoms with Crippen molar-refractivity contribution in [1.29, 1.82) is 0 Å². The molecule has 1 fully saturated rings. The van der Waals surface area contributed by atoms with Gasteiger partial charge in [0.1, 0.15) is 12.2 Å². The molecule has 0 radical (unpaired) electrons. The molecule has 1 aromatic heterocycles. The number of carbonyl (C=O) groups is 1. The number of furan rings is 1. The summed E-state index contributed by atoms with van der Waals surface area (Å²) in [6.07, 6.45) is 0. The van der Waals surface area contributed by atoms with E-state index in [1.807, 2.05) is 31.2 Å². The van der Waals surface area contributed by atoms with Crippen LogP contribution >= 0.6 is 0 Å². The molecular weight excluding hydrogens is 270 g/mol. The summed E-state index contributed by atoms with van der Waals surface area (Å²) in [7, 11) is 0. The van der Waals surface area contributed by atoms with E-state index in [-0.39, 0.29) is 0 Å². The van der Waals surface area contributed by atoms with E-state index in [1.54, 1.807) is 0 Å². The summed E-state index contributed by atoms with van der Waals surface area (Å²) in [5, 5.41) is 0.956. The van der Waals surface area contributed by atoms with Crippen molar-refractivity contribution in [2.45, 2.75) is 6.92 Å². The molecule has 0 saturated carbocycles. The fraction of sp³-hybridized carbons (Fsp3) is 0.438. The molecule has 1 saturated heterocycles. The highest BCUT2D eigenvalue weighted by molar-refractivity contribution is 5.95. The third-order valence-electron chi connectivity index (χ3n) is 3.77. The fourth-order valence-corrected chi connectivity index (χ4v) is 2.53. The molecule has 2 aromatic rings. The van der Waals surface area contributed by atoms with Crippen molar-refractivity contribution >= 4 is 16.9 Å². The van der Waals surface area contributed by atoms with Crippen molar-refractivity contribution in [3.8, 4) is 0 Å². The number of hydrogen-bond donors (Lipinski definition) is 0. The molecule has 1 aliphatic heterocycles. The van der Waals surface area contributed by atoms with Crippen LogP contribution in [0.1, 0.15) is 16.1 Å². The van der Waals surface area contributed by atoms with Gasteiger partial charge in [-0.2, -0.15) is 0 Å². The van der Waals surface area contributed by atoms with Gasteiger partial charge in [-0.3, -0.25) is 4.90 Å². The van der Waals surface area contributed by atoms with Gasteiger partial charge in [0.15, 0.2) is 0 Å². The first-order valence-electron chi connectivity index (χ1n) is 7.21. The average molecular weight is 289 g/mol. The molecule has 0 unspecified atom stereocenters. The van der Waals surface area contributed by atoms with Gasteiger partial charge in [-0.25, -0.2) is 4.79 Å². The van der Waals surface area contributed by atoms with Crippen molar-refractivity contribution < 1.29 is 18.7 Å². The fourth-order valence-electron chi connectivity index (χ4n) is 2.53. The van der Waals surface area contributed by atoms with E-state index < -0.39 is 5.97 Å². The smallest absolute Gasteiger partial charge is 0.374 e. The van der Waals surface area contributed by atoms with E-state index >= 15 is 0 Å². The third kappa shape index (κ3) is 3.09. The molecule has 3 rings (SSSR count). The van der Waals surface area contributed by atoms with Crippen LogP contribution in [-0.4, -0.2) is 50.3 Å². The van der Waals surface area contributed by atoms with Gasteiger partial charge >= 0.3 is 5.97 Å². The van der Waals surface area contributed by atoms with Gasteiger partial charge in [0, 0.05) is 30.6 Å². The lowest BCUT2D eigenvalue weighted by molar-refractivity contribution is 0.0183. The zero-order valence-corrected chi connectivity index (χ0v) is 12.1. The predicted octanol–water partition coefficient (Wildman–Crippen LogP) is 2.23. The Bertz CT molecular complexity index is 628. The molecule has 1 aromatic carbocycles. The van der Waals surface area contributed by atoms with E-state index in [0.29, 0.717) is 12.4 Å². The number of nitrogens with zero attached hydrogens (tertiary/aromatic N) is 1. The number of para-hydroxylation sites is 1. The second kappa shape index (κ2) is 6.28. The van der Waals surface area contributed by atoms with Gasteiger partial charge in [0.05, 0.1) is 13.2 Å². The largest absolute Gasteiger partial charge is 0.458 e. The Morgan fingerprint density at radius 3 is 2.81 bits per heavy atom. The minimum Gasteiger partial charge on any atom is -0.458 e. The van der Waals surface area contributed by atoms with Gasteiger partial charge in [0.25, 0.3) is 0 Å². The van der Waals surface area contributed by atoms with Crippen LogP contribution in [0.5, 0.6) is 0 Å². The highest BCUT2D eigenvalue weighted by atomic mass is 16.5. The molecular formula is C16H19NO4. The first kappa shape index (κ1) is 14.1. The van der Waals surface area contributed by atoms with Crippen molar-refractivity contribution in [2.75, 3.05) is 39.5 Å². The number of esters is 1. The number of morpholine rings is 1. The highest BCUT2D eigenvalue weighted by Crippen LogP contribution is 2.25. The van der Waals surface area contributed by atoms with Crippen LogP contribution in [-0.2, 0) is 9.47 Å². The SMILES string of the molecule is Cc1c(C(=O)OCCN2CCOCC2)oc2ccccc12. The molecule has 0 atom stereocenters. The number of hydrogen-bond acceptors (Lipinski definition) is 5. The first-order valence-corrected chi connectivity index (χ1v) is 7.21. The van der Waals surface area contributed by atoms with Crippen LogP contribution in [0.3, 0.4) is 0 Å². The van der Waals surface area contributed by atoms with Gasteiger partial charge in [-0.15, -0.1) is 0 Å². The standard InChI is InChI=1S/C16H19NO4/c1-12-13-4-2-3-5-14(13)21-15(12)16(18)20-11-8-17-6-9-19-10-7-17/h2-5H,6-11H2,1H3. The molecule has 112 valence electrons. The van der Waals surface area contributed by atoms with Crippen LogP contribution in [0.25, 0.3) is 11.0 Å². The number of aryl methyl sites for hydroxylation is 1. The van der Waals surface area contributed by atoms with Crippen LogP contribution in [0, 0.1) is 6.92 Å². The highest BCUT2D eigenvalue weighted by Gasteiger charge is 2.19. The van der Waals surface area contributed by atoms with E-state index in [4.69, 9.17) is 13.9 Å². The van der Waals surface area contributed by atoms with Crippen LogP contribution in [0.2, 0.25) is 0 Å². The predicted molar refractivity (Wildman–Crippen MR) is 78.5 cm³/mol. The molecule has 0 bridgehead atoms. The van der Waals surface area contributed by atoms with Crippen LogP contribution in [0.15, 0.2) is 28.7 Å². The Morgan fingerprint density at radius 2 is 2.05 bits per heavy atom. The van der Waals surface area contributed by atoms with Gasteiger partial charge in [-0.05, 0) is 13.0 Å². The molecule has 1 aliphatic rings. The number of fused-ring (bicyclic) bond motifs is 1. The summed E-state index contributed by atoms with van der Waals surface area (Å²) < 4.78 is 16.2. The minimum absolute atomic E-state index is 0.304. The number of ether oxygens (including phenoxy) is 2. The van der Waals surface area contributed by atoms with Crippen molar-refractivity contribution in [1.82, 2.24) is 4.90 Å². The van der Waals surface area contributed by atoms with Crippen LogP contribution < -0.4 is 0 Å². The van der Waals surface area contributed by atoms with E-state index in [1.165, 1.54) is 0 Å². The first-order chi connectivity index (χ1) is 10.3. The number of rotatable bonds is 4. The monoisotopic (exact) mass is 289 g/mol. The average Bonchev–Trinajstić information content (AvgIpc) is 2.86. The quantitative estimate of drug-likeness (QED) is 0.808. The molecule has 0 N–H and O–H groups in total. The van der Waals surface area contributed by atoms with E-state index in [0.717, 1.165) is 49.4 Å². The maximum atomic E-state index is 12.1. The molecule has 21 heavy (non-hydrogen) atoms. The maximum Gasteiger partial charge on any atom is 0.374 e. The second-order valence-electron chi connectivity index (χ2n) is 5.14. The Labute approximate surface area is 123 Å². The molecule has 0 aliphatic carbocycles. The topological polar surface area (TPSA) is 51.9 Å². The number of benzene rings is 1. The van der Waals surface area contributed by atoms with E-state index in [2.05, 4.69) is 4.90 Å². The molecule has 2 heterocycles. The summed E-state index contributed by atoms with van der Waals surface area (Å²) in [5.41, 5.74) is 1.55. The maximum absolute atomic E-state index is 12.1. The van der Waals surface area contributed by atoms with Crippen LogP contribution in [0.4, 0.5) is 0 Å². The summed E-state index contributed by atoms with van der Waals surface area (Å²) in [6.45, 7) is 6.25. The minimum atomic E-state index is -0.392. The van der Waals surface area contributed by atoms with Gasteiger partial charge in [-0.1, -0.05) is 18.2 Å². The third-order valence-corrected chi connectivity index (χ3v) is 3.77. The number of carbonyl (C=O) groups excluding carboxylic acids is 1. The Morgan fingerprint density at radius 1 is 1.29 bits per heavy atom. The van der Waals surface area contributed by atoms with Crippen molar-refractivity contribution in [3.63, 3.8) is 0 Å². The lowest BCUT2D eigenvalue weighted by Gasteiger charge is -2.26. The molecule has 5 nitrogen and oxygen atoms in total. The lowest BCUT2D eigenvalue weighted by atomic mass is 10.1.